The number of rotatable bonds is 4. The Hall–Kier alpha value is -1.26. The Morgan fingerprint density at radius 1 is 1.69 bits per heavy atom. The SMILES string of the molecule is CCC[C@H]1CN(C(=O)CN=[N+]=[N-])CC[C@H]1O. The van der Waals surface area contributed by atoms with E-state index in [1.807, 2.05) is 0 Å². The molecule has 90 valence electrons. The van der Waals surface area contributed by atoms with Gasteiger partial charge in [0.15, 0.2) is 0 Å². The standard InChI is InChI=1S/C10H18N4O2/c1-2-3-8-7-14(5-4-9(8)15)10(16)6-12-13-11/h8-9,15H,2-7H2,1H3/t8-,9+/m0/s1. The molecule has 1 amide bonds. The first kappa shape index (κ1) is 12.8. The van der Waals surface area contributed by atoms with Crippen molar-refractivity contribution in [2.45, 2.75) is 32.3 Å². The van der Waals surface area contributed by atoms with Crippen LogP contribution in [0.3, 0.4) is 0 Å². The van der Waals surface area contributed by atoms with E-state index in [1.54, 1.807) is 4.90 Å². The van der Waals surface area contributed by atoms with Crippen molar-refractivity contribution in [2.75, 3.05) is 19.6 Å². The number of aliphatic hydroxyl groups excluding tert-OH is 1. The van der Waals surface area contributed by atoms with Crippen LogP contribution in [0.1, 0.15) is 26.2 Å². The van der Waals surface area contributed by atoms with Crippen LogP contribution >= 0.6 is 0 Å². The molecule has 2 atom stereocenters. The Kier molecular flexibility index (Phi) is 5.08. The number of likely N-dealkylation sites (tertiary alicyclic amines) is 1. The number of aliphatic hydroxyl groups is 1. The molecule has 1 N–H and O–H groups in total. The Balaban J connectivity index is 2.50. The first-order valence-corrected chi connectivity index (χ1v) is 5.65. The molecule has 0 aromatic rings. The van der Waals surface area contributed by atoms with Crippen LogP contribution in [0, 0.1) is 5.92 Å². The van der Waals surface area contributed by atoms with Gasteiger partial charge in [-0.05, 0) is 18.4 Å². The maximum Gasteiger partial charge on any atom is 0.228 e. The number of amides is 1. The highest BCUT2D eigenvalue weighted by atomic mass is 16.3. The zero-order chi connectivity index (χ0) is 12.0. The Morgan fingerprint density at radius 3 is 3.06 bits per heavy atom. The van der Waals surface area contributed by atoms with Gasteiger partial charge >= 0.3 is 0 Å². The molecule has 0 spiro atoms. The molecule has 1 aliphatic rings. The van der Waals surface area contributed by atoms with Crippen molar-refractivity contribution in [2.24, 2.45) is 11.0 Å². The van der Waals surface area contributed by atoms with Crippen LogP contribution in [0.4, 0.5) is 0 Å². The third-order valence-corrected chi connectivity index (χ3v) is 2.98. The van der Waals surface area contributed by atoms with Gasteiger partial charge in [0.25, 0.3) is 0 Å². The lowest BCUT2D eigenvalue weighted by molar-refractivity contribution is -0.133. The van der Waals surface area contributed by atoms with Crippen molar-refractivity contribution in [3.63, 3.8) is 0 Å². The fraction of sp³-hybridized carbons (Fsp3) is 0.900. The molecule has 6 heteroatoms. The summed E-state index contributed by atoms with van der Waals surface area (Å²) in [7, 11) is 0. The van der Waals surface area contributed by atoms with Gasteiger partial charge in [-0.25, -0.2) is 0 Å². The molecule has 1 heterocycles. The molecule has 0 aromatic heterocycles. The van der Waals surface area contributed by atoms with E-state index >= 15 is 0 Å². The van der Waals surface area contributed by atoms with Crippen LogP contribution in [0.5, 0.6) is 0 Å². The van der Waals surface area contributed by atoms with Crippen molar-refractivity contribution in [1.29, 1.82) is 0 Å². The third kappa shape index (κ3) is 3.40. The summed E-state index contributed by atoms with van der Waals surface area (Å²) in [6.07, 6.45) is 2.24. The van der Waals surface area contributed by atoms with Gasteiger partial charge in [-0.15, -0.1) is 0 Å². The van der Waals surface area contributed by atoms with Crippen molar-refractivity contribution in [1.82, 2.24) is 4.90 Å². The van der Waals surface area contributed by atoms with Crippen LogP contribution in [-0.2, 0) is 4.79 Å². The summed E-state index contributed by atoms with van der Waals surface area (Å²) in [5.74, 6) is 0.0135. The van der Waals surface area contributed by atoms with Gasteiger partial charge in [0, 0.05) is 23.9 Å². The first-order chi connectivity index (χ1) is 7.69. The summed E-state index contributed by atoms with van der Waals surface area (Å²) in [5, 5.41) is 13.0. The zero-order valence-corrected chi connectivity index (χ0v) is 9.54. The van der Waals surface area contributed by atoms with Crippen molar-refractivity contribution >= 4 is 5.91 Å². The fourth-order valence-electron chi connectivity index (χ4n) is 2.09. The second kappa shape index (κ2) is 6.35. The Bertz CT molecular complexity index is 289. The van der Waals surface area contributed by atoms with E-state index in [1.165, 1.54) is 0 Å². The van der Waals surface area contributed by atoms with Gasteiger partial charge in [-0.2, -0.15) is 0 Å². The molecule has 1 fully saturated rings. The molecule has 0 bridgehead atoms. The molecule has 1 aliphatic heterocycles. The normalized spacial score (nSPS) is 25.0. The van der Waals surface area contributed by atoms with Crippen LogP contribution in [-0.4, -0.2) is 41.7 Å². The summed E-state index contributed by atoms with van der Waals surface area (Å²) < 4.78 is 0. The van der Waals surface area contributed by atoms with E-state index in [-0.39, 0.29) is 24.5 Å². The lowest BCUT2D eigenvalue weighted by Gasteiger charge is -2.36. The highest BCUT2D eigenvalue weighted by molar-refractivity contribution is 5.78. The summed E-state index contributed by atoms with van der Waals surface area (Å²) in [6.45, 7) is 3.08. The Morgan fingerprint density at radius 2 is 2.44 bits per heavy atom. The van der Waals surface area contributed by atoms with E-state index in [2.05, 4.69) is 16.9 Å². The van der Waals surface area contributed by atoms with Gasteiger partial charge in [0.1, 0.15) is 6.54 Å². The maximum atomic E-state index is 11.6. The molecule has 1 rings (SSSR count). The second-order valence-corrected chi connectivity index (χ2v) is 4.13. The van der Waals surface area contributed by atoms with Gasteiger partial charge in [-0.1, -0.05) is 18.5 Å². The minimum absolute atomic E-state index is 0.120. The van der Waals surface area contributed by atoms with Crippen LogP contribution in [0.2, 0.25) is 0 Å². The van der Waals surface area contributed by atoms with Crippen LogP contribution in [0.15, 0.2) is 5.11 Å². The molecule has 6 nitrogen and oxygen atoms in total. The number of hydrogen-bond donors (Lipinski definition) is 1. The van der Waals surface area contributed by atoms with Crippen molar-refractivity contribution in [3.05, 3.63) is 10.4 Å². The minimum atomic E-state index is -0.302. The topological polar surface area (TPSA) is 89.3 Å². The van der Waals surface area contributed by atoms with E-state index < -0.39 is 0 Å². The van der Waals surface area contributed by atoms with Crippen molar-refractivity contribution < 1.29 is 9.90 Å². The van der Waals surface area contributed by atoms with E-state index in [4.69, 9.17) is 5.53 Å². The molecule has 0 saturated carbocycles. The predicted molar refractivity (Wildman–Crippen MR) is 59.6 cm³/mol. The predicted octanol–water partition coefficient (Wildman–Crippen LogP) is 1.31. The molecule has 1 saturated heterocycles. The number of azide groups is 1. The van der Waals surface area contributed by atoms with E-state index in [9.17, 15) is 9.90 Å². The number of piperidine rings is 1. The highest BCUT2D eigenvalue weighted by Crippen LogP contribution is 2.21. The summed E-state index contributed by atoms with van der Waals surface area (Å²) in [6, 6.07) is 0. The lowest BCUT2D eigenvalue weighted by atomic mass is 9.91. The summed E-state index contributed by atoms with van der Waals surface area (Å²) in [5.41, 5.74) is 8.14. The molecule has 0 aliphatic carbocycles. The Labute approximate surface area is 94.9 Å². The second-order valence-electron chi connectivity index (χ2n) is 4.13. The fourth-order valence-corrected chi connectivity index (χ4v) is 2.09. The first-order valence-electron chi connectivity index (χ1n) is 5.65. The maximum absolute atomic E-state index is 11.6. The molecular formula is C10H18N4O2. The average molecular weight is 226 g/mol. The average Bonchev–Trinajstić information content (AvgIpc) is 2.29. The summed E-state index contributed by atoms with van der Waals surface area (Å²) >= 11 is 0. The van der Waals surface area contributed by atoms with E-state index in [0.29, 0.717) is 19.5 Å². The smallest absolute Gasteiger partial charge is 0.228 e. The largest absolute Gasteiger partial charge is 0.393 e. The van der Waals surface area contributed by atoms with Gasteiger partial charge in [0.2, 0.25) is 5.91 Å². The number of nitrogens with zero attached hydrogens (tertiary/aromatic N) is 4. The molecule has 0 radical (unpaired) electrons. The highest BCUT2D eigenvalue weighted by Gasteiger charge is 2.28. The zero-order valence-electron chi connectivity index (χ0n) is 9.54. The molecule has 0 unspecified atom stereocenters. The van der Waals surface area contributed by atoms with Gasteiger partial charge in [0.05, 0.1) is 6.10 Å². The molecule has 16 heavy (non-hydrogen) atoms. The minimum Gasteiger partial charge on any atom is -0.393 e. The van der Waals surface area contributed by atoms with Gasteiger partial charge < -0.3 is 10.0 Å². The van der Waals surface area contributed by atoms with Crippen LogP contribution < -0.4 is 0 Å². The van der Waals surface area contributed by atoms with E-state index in [0.717, 1.165) is 12.8 Å². The monoisotopic (exact) mass is 226 g/mol. The lowest BCUT2D eigenvalue weighted by Crippen LogP contribution is -2.46. The van der Waals surface area contributed by atoms with Gasteiger partial charge in [-0.3, -0.25) is 4.79 Å². The number of carbonyl (C=O) groups is 1. The quantitative estimate of drug-likeness (QED) is 0.445. The number of carbonyl (C=O) groups excluding carboxylic acids is 1. The van der Waals surface area contributed by atoms with Crippen LogP contribution in [0.25, 0.3) is 10.4 Å². The molecule has 0 aromatic carbocycles. The molecular weight excluding hydrogens is 208 g/mol. The van der Waals surface area contributed by atoms with Crippen molar-refractivity contribution in [3.8, 4) is 0 Å². The summed E-state index contributed by atoms with van der Waals surface area (Å²) in [4.78, 5) is 15.8. The number of hydrogen-bond acceptors (Lipinski definition) is 3. The third-order valence-electron chi connectivity index (χ3n) is 2.98.